The molecule has 6 nitrogen and oxygen atoms in total. The summed E-state index contributed by atoms with van der Waals surface area (Å²) in [6.07, 6.45) is 5.08. The van der Waals surface area contributed by atoms with Crippen LogP contribution in [0.25, 0.3) is 0 Å². The number of nitrogens with one attached hydrogen (secondary N) is 2. The second-order valence-corrected chi connectivity index (χ2v) is 7.90. The molecule has 146 valence electrons. The summed E-state index contributed by atoms with van der Waals surface area (Å²) < 4.78 is 4.97. The number of benzene rings is 1. The van der Waals surface area contributed by atoms with Crippen molar-refractivity contribution in [2.24, 2.45) is 17.8 Å². The number of aryl methyl sites for hydroxylation is 1. The summed E-state index contributed by atoms with van der Waals surface area (Å²) in [6, 6.07) is 7.15. The summed E-state index contributed by atoms with van der Waals surface area (Å²) in [5.41, 5.74) is 1.53. The highest BCUT2D eigenvalue weighted by Gasteiger charge is 2.42. The van der Waals surface area contributed by atoms with Gasteiger partial charge in [0.1, 0.15) is 6.54 Å². The van der Waals surface area contributed by atoms with Crippen LogP contribution in [0.4, 0.5) is 0 Å². The van der Waals surface area contributed by atoms with Crippen molar-refractivity contribution in [1.29, 1.82) is 0 Å². The van der Waals surface area contributed by atoms with Gasteiger partial charge in [-0.25, -0.2) is 0 Å². The molecular weight excluding hydrogens is 344 g/mol. The molecule has 0 heterocycles. The minimum atomic E-state index is -0.627. The quantitative estimate of drug-likeness (QED) is 0.719. The number of amides is 2. The molecule has 2 saturated carbocycles. The number of esters is 1. The van der Waals surface area contributed by atoms with Gasteiger partial charge in [-0.2, -0.15) is 0 Å². The van der Waals surface area contributed by atoms with Crippen LogP contribution in [0.1, 0.15) is 48.5 Å². The molecule has 1 aromatic rings. The molecule has 3 rings (SSSR count). The molecule has 0 radical (unpaired) electrons. The SMILES string of the molecule is Cc1ccc(C(=O)NCC(=O)OCC(=O)N[C@@H](C)[C@H]2C[C@H]3CC[C@H]2C3)cc1. The first kappa shape index (κ1) is 19.4. The fraction of sp³-hybridized carbons (Fsp3) is 0.571. The Labute approximate surface area is 160 Å². The molecule has 0 aromatic heterocycles. The number of carbonyl (C=O) groups is 3. The molecule has 2 fully saturated rings. The van der Waals surface area contributed by atoms with E-state index in [0.29, 0.717) is 11.5 Å². The Hall–Kier alpha value is -2.37. The largest absolute Gasteiger partial charge is 0.454 e. The van der Waals surface area contributed by atoms with Gasteiger partial charge in [0.05, 0.1) is 0 Å². The first-order valence-corrected chi connectivity index (χ1v) is 9.72. The van der Waals surface area contributed by atoms with E-state index in [1.54, 1.807) is 12.1 Å². The first-order valence-electron chi connectivity index (χ1n) is 9.72. The van der Waals surface area contributed by atoms with Gasteiger partial charge in [-0.05, 0) is 63.0 Å². The molecule has 6 heteroatoms. The molecule has 2 bridgehead atoms. The molecule has 2 amide bonds. The van der Waals surface area contributed by atoms with Crippen LogP contribution < -0.4 is 10.6 Å². The molecule has 4 atom stereocenters. The molecule has 2 N–H and O–H groups in total. The Morgan fingerprint density at radius 2 is 1.89 bits per heavy atom. The van der Waals surface area contributed by atoms with Gasteiger partial charge in [-0.3, -0.25) is 14.4 Å². The van der Waals surface area contributed by atoms with Crippen LogP contribution in [-0.2, 0) is 14.3 Å². The van der Waals surface area contributed by atoms with Crippen molar-refractivity contribution < 1.29 is 19.1 Å². The predicted molar refractivity (Wildman–Crippen MR) is 101 cm³/mol. The van der Waals surface area contributed by atoms with Crippen LogP contribution in [0, 0.1) is 24.7 Å². The zero-order chi connectivity index (χ0) is 19.4. The van der Waals surface area contributed by atoms with Gasteiger partial charge in [0.25, 0.3) is 11.8 Å². The highest BCUT2D eigenvalue weighted by molar-refractivity contribution is 5.96. The Morgan fingerprint density at radius 3 is 2.52 bits per heavy atom. The average molecular weight is 372 g/mol. The summed E-state index contributed by atoms with van der Waals surface area (Å²) in [7, 11) is 0. The summed E-state index contributed by atoms with van der Waals surface area (Å²) in [4.78, 5) is 35.8. The number of hydrogen-bond donors (Lipinski definition) is 2. The van der Waals surface area contributed by atoms with Crippen molar-refractivity contribution in [3.63, 3.8) is 0 Å². The van der Waals surface area contributed by atoms with Crippen LogP contribution in [-0.4, -0.2) is 37.0 Å². The molecule has 2 aliphatic carbocycles. The van der Waals surface area contributed by atoms with Gasteiger partial charge in [-0.1, -0.05) is 24.1 Å². The molecule has 0 aliphatic heterocycles. The fourth-order valence-corrected chi connectivity index (χ4v) is 4.47. The summed E-state index contributed by atoms with van der Waals surface area (Å²) in [5, 5.41) is 5.46. The van der Waals surface area contributed by atoms with Crippen LogP contribution in [0.5, 0.6) is 0 Å². The van der Waals surface area contributed by atoms with E-state index in [1.165, 1.54) is 25.7 Å². The van der Waals surface area contributed by atoms with Crippen LogP contribution in [0.15, 0.2) is 24.3 Å². The highest BCUT2D eigenvalue weighted by atomic mass is 16.5. The summed E-state index contributed by atoms with van der Waals surface area (Å²) in [5.74, 6) is 0.833. The lowest BCUT2D eigenvalue weighted by molar-refractivity contribution is -0.147. The van der Waals surface area contributed by atoms with Crippen molar-refractivity contribution in [3.8, 4) is 0 Å². The smallest absolute Gasteiger partial charge is 0.325 e. The molecule has 2 aliphatic rings. The lowest BCUT2D eigenvalue weighted by Gasteiger charge is -2.28. The zero-order valence-corrected chi connectivity index (χ0v) is 16.0. The van der Waals surface area contributed by atoms with Gasteiger partial charge in [-0.15, -0.1) is 0 Å². The Balaban J connectivity index is 1.34. The molecule has 0 spiro atoms. The van der Waals surface area contributed by atoms with E-state index >= 15 is 0 Å². The second kappa shape index (κ2) is 8.55. The number of hydrogen-bond acceptors (Lipinski definition) is 4. The Morgan fingerprint density at radius 1 is 1.15 bits per heavy atom. The van der Waals surface area contributed by atoms with Crippen molar-refractivity contribution >= 4 is 17.8 Å². The van der Waals surface area contributed by atoms with Crippen molar-refractivity contribution in [2.45, 2.75) is 45.6 Å². The Bertz CT molecular complexity index is 701. The average Bonchev–Trinajstić information content (AvgIpc) is 3.28. The highest BCUT2D eigenvalue weighted by Crippen LogP contribution is 2.49. The molecule has 27 heavy (non-hydrogen) atoms. The van der Waals surface area contributed by atoms with Gasteiger partial charge in [0, 0.05) is 11.6 Å². The molecule has 0 unspecified atom stereocenters. The monoisotopic (exact) mass is 372 g/mol. The molecular formula is C21H28N2O4. The van der Waals surface area contributed by atoms with E-state index in [9.17, 15) is 14.4 Å². The van der Waals surface area contributed by atoms with Crippen molar-refractivity contribution in [2.75, 3.05) is 13.2 Å². The van der Waals surface area contributed by atoms with Gasteiger partial charge in [0.2, 0.25) is 0 Å². The number of fused-ring (bicyclic) bond motifs is 2. The third-order valence-corrected chi connectivity index (χ3v) is 5.89. The lowest BCUT2D eigenvalue weighted by atomic mass is 9.84. The maximum atomic E-state index is 12.0. The summed E-state index contributed by atoms with van der Waals surface area (Å²) in [6.45, 7) is 3.39. The van der Waals surface area contributed by atoms with Crippen LogP contribution in [0.2, 0.25) is 0 Å². The number of carbonyl (C=O) groups excluding carboxylic acids is 3. The third-order valence-electron chi connectivity index (χ3n) is 5.89. The Kier molecular flexibility index (Phi) is 6.14. The van der Waals surface area contributed by atoms with E-state index in [2.05, 4.69) is 10.6 Å². The van der Waals surface area contributed by atoms with E-state index in [4.69, 9.17) is 4.74 Å². The van der Waals surface area contributed by atoms with E-state index in [1.807, 2.05) is 26.0 Å². The van der Waals surface area contributed by atoms with Crippen LogP contribution in [0.3, 0.4) is 0 Å². The maximum Gasteiger partial charge on any atom is 0.325 e. The topological polar surface area (TPSA) is 84.5 Å². The minimum absolute atomic E-state index is 0.104. The first-order chi connectivity index (χ1) is 12.9. The standard InChI is InChI=1S/C21H28N2O4/c1-13-3-6-16(7-4-13)21(26)22-11-20(25)27-12-19(24)23-14(2)18-10-15-5-8-17(18)9-15/h3-4,6-7,14-15,17-18H,5,8-12H2,1-2H3,(H,22,26)(H,23,24)/t14-,15-,17-,18+/m0/s1. The van der Waals surface area contributed by atoms with E-state index in [-0.39, 0.29) is 31.0 Å². The fourth-order valence-electron chi connectivity index (χ4n) is 4.47. The minimum Gasteiger partial charge on any atom is -0.454 e. The van der Waals surface area contributed by atoms with Crippen LogP contribution >= 0.6 is 0 Å². The normalized spacial score (nSPS) is 24.3. The molecule has 0 saturated heterocycles. The third kappa shape index (κ3) is 5.08. The number of rotatable bonds is 7. The van der Waals surface area contributed by atoms with E-state index < -0.39 is 5.97 Å². The van der Waals surface area contributed by atoms with Gasteiger partial charge in [0.15, 0.2) is 6.61 Å². The predicted octanol–water partition coefficient (Wildman–Crippen LogP) is 2.21. The molecule has 1 aromatic carbocycles. The summed E-state index contributed by atoms with van der Waals surface area (Å²) >= 11 is 0. The van der Waals surface area contributed by atoms with E-state index in [0.717, 1.165) is 17.4 Å². The lowest BCUT2D eigenvalue weighted by Crippen LogP contribution is -2.42. The van der Waals surface area contributed by atoms with Crippen molar-refractivity contribution in [1.82, 2.24) is 10.6 Å². The van der Waals surface area contributed by atoms with Gasteiger partial charge >= 0.3 is 5.97 Å². The van der Waals surface area contributed by atoms with Gasteiger partial charge < -0.3 is 15.4 Å². The number of ether oxygens (including phenoxy) is 1. The zero-order valence-electron chi connectivity index (χ0n) is 16.0. The maximum absolute atomic E-state index is 12.0. The van der Waals surface area contributed by atoms with Crippen molar-refractivity contribution in [3.05, 3.63) is 35.4 Å². The second-order valence-electron chi connectivity index (χ2n) is 7.90.